The van der Waals surface area contributed by atoms with Crippen LogP contribution in [-0.4, -0.2) is 57.4 Å². The number of hydrogen-bond donors (Lipinski definition) is 2. The maximum absolute atomic E-state index is 13.2. The second kappa shape index (κ2) is 16.8. The van der Waals surface area contributed by atoms with E-state index in [1.54, 1.807) is 7.05 Å². The number of benzene rings is 2. The van der Waals surface area contributed by atoms with Crippen LogP contribution < -0.4 is 15.5 Å². The Labute approximate surface area is 295 Å². The van der Waals surface area contributed by atoms with Crippen molar-refractivity contribution in [2.45, 2.75) is 83.1 Å². The van der Waals surface area contributed by atoms with Crippen LogP contribution in [0.2, 0.25) is 0 Å². The van der Waals surface area contributed by atoms with Crippen LogP contribution in [0, 0.1) is 6.42 Å². The molecule has 1 aromatic heterocycles. The van der Waals surface area contributed by atoms with Crippen LogP contribution in [0.4, 0.5) is 14.5 Å². The lowest BCUT2D eigenvalue weighted by molar-refractivity contribution is -0.0399. The van der Waals surface area contributed by atoms with Crippen LogP contribution >= 0.6 is 11.8 Å². The zero-order chi connectivity index (χ0) is 34.4. The van der Waals surface area contributed by atoms with Crippen molar-refractivity contribution in [2.75, 3.05) is 24.2 Å². The standard InChI is InChI=1S/C19H25F2N5O.C19H22NS.CH4/c1-22-12-9-13-3-5-14(6-4-13)16-24-17(26(2)25-16)18(27)23-15-7-10-19(20,21)11-8-15;1-13(2)11-19-20(14(3)12-21-19)18-8-6-5-7-17(18)15(4)16-9-10-16;/h3-6,15,22H,7-12H2,1-2H3,(H,23,27);5-10,15,19H,1,3,11-12H2,2,4H3;1H4. The topological polar surface area (TPSA) is 75.1 Å². The Kier molecular flexibility index (Phi) is 13.0. The summed E-state index contributed by atoms with van der Waals surface area (Å²) >= 11 is 1.97. The third-order valence-corrected chi connectivity index (χ3v) is 10.3. The highest BCUT2D eigenvalue weighted by molar-refractivity contribution is 8.00. The highest BCUT2D eigenvalue weighted by Gasteiger charge is 2.36. The lowest BCUT2D eigenvalue weighted by atomic mass is 9.92. The molecule has 2 atom stereocenters. The average Bonchev–Trinajstić information content (AvgIpc) is 3.75. The minimum atomic E-state index is -2.61. The number of alkyl halides is 2. The monoisotopic (exact) mass is 689 g/mol. The largest absolute Gasteiger partial charge is 0.347 e. The molecular formula is C39H51F2N6OS. The number of carbonyl (C=O) groups excluding carboxylic acids is 1. The van der Waals surface area contributed by atoms with Crippen molar-refractivity contribution < 1.29 is 13.6 Å². The Morgan fingerprint density at radius 1 is 1.14 bits per heavy atom. The van der Waals surface area contributed by atoms with Gasteiger partial charge in [-0.25, -0.2) is 18.4 Å². The van der Waals surface area contributed by atoms with Crippen molar-refractivity contribution in [2.24, 2.45) is 7.05 Å². The smallest absolute Gasteiger partial charge is 0.289 e. The number of halogens is 2. The molecule has 1 saturated carbocycles. The molecule has 1 radical (unpaired) electrons. The number of likely N-dealkylation sites (N-methyl/N-ethyl adjacent to an activating group) is 1. The van der Waals surface area contributed by atoms with Crippen molar-refractivity contribution in [3.8, 4) is 11.4 Å². The molecule has 10 heteroatoms. The fourth-order valence-corrected chi connectivity index (χ4v) is 7.47. The molecular weight excluding hydrogens is 639 g/mol. The fourth-order valence-electron chi connectivity index (χ4n) is 6.13. The number of carbonyl (C=O) groups is 1. The van der Waals surface area contributed by atoms with Gasteiger partial charge in [0.15, 0.2) is 5.82 Å². The Hall–Kier alpha value is -3.76. The first-order chi connectivity index (χ1) is 23.0. The fraction of sp³-hybridized carbons (Fsp3) is 0.436. The van der Waals surface area contributed by atoms with Crippen molar-refractivity contribution in [3.05, 3.63) is 108 Å². The molecule has 2 N–H and O–H groups in total. The van der Waals surface area contributed by atoms with Gasteiger partial charge in [-0.1, -0.05) is 80.6 Å². The minimum absolute atomic E-state index is 0. The molecule has 1 aliphatic heterocycles. The Morgan fingerprint density at radius 2 is 1.82 bits per heavy atom. The van der Waals surface area contributed by atoms with Gasteiger partial charge in [-0.2, -0.15) is 5.10 Å². The predicted molar refractivity (Wildman–Crippen MR) is 200 cm³/mol. The summed E-state index contributed by atoms with van der Waals surface area (Å²) in [5.41, 5.74) is 8.62. The first-order valence-electron chi connectivity index (χ1n) is 16.7. The third-order valence-electron chi connectivity index (χ3n) is 9.01. The number of para-hydroxylation sites is 1. The molecule has 2 aliphatic carbocycles. The van der Waals surface area contributed by atoms with Gasteiger partial charge in [-0.3, -0.25) is 4.79 Å². The number of aromatic nitrogens is 3. The number of anilines is 1. The predicted octanol–water partition coefficient (Wildman–Crippen LogP) is 8.48. The molecule has 7 nitrogen and oxygen atoms in total. The summed E-state index contributed by atoms with van der Waals surface area (Å²) in [6.45, 7) is 13.7. The molecule has 0 spiro atoms. The van der Waals surface area contributed by atoms with Crippen molar-refractivity contribution in [1.29, 1.82) is 0 Å². The van der Waals surface area contributed by atoms with Crippen LogP contribution in [0.3, 0.4) is 0 Å². The molecule has 2 fully saturated rings. The van der Waals surface area contributed by atoms with Crippen LogP contribution in [-0.2, 0) is 13.5 Å². The van der Waals surface area contributed by atoms with E-state index in [1.165, 1.54) is 38.3 Å². The Balaban J connectivity index is 0.000000223. The van der Waals surface area contributed by atoms with E-state index in [1.807, 2.05) is 43.1 Å². The molecule has 1 saturated heterocycles. The SMILES string of the molecule is C.C=C(C)CC1SCC(=C)N1c1ccccc1C(C)C1=C[CH]1.CNCCc1ccc(-c2nc(C(=O)NC3CCC(F)(F)CC3)n(C)n2)cc1. The molecule has 3 aromatic rings. The normalized spacial score (nSPS) is 18.9. The molecule has 49 heavy (non-hydrogen) atoms. The Bertz CT molecular complexity index is 1640. The van der Waals surface area contributed by atoms with Gasteiger partial charge in [0.2, 0.25) is 11.7 Å². The molecule has 263 valence electrons. The molecule has 2 aromatic carbocycles. The van der Waals surface area contributed by atoms with Crippen LogP contribution in [0.1, 0.15) is 81.0 Å². The van der Waals surface area contributed by atoms with Crippen LogP contribution in [0.15, 0.2) is 84.6 Å². The first-order valence-corrected chi connectivity index (χ1v) is 17.7. The zero-order valence-electron chi connectivity index (χ0n) is 28.4. The van der Waals surface area contributed by atoms with Crippen molar-refractivity contribution in [3.63, 3.8) is 0 Å². The van der Waals surface area contributed by atoms with E-state index in [0.29, 0.717) is 17.1 Å². The van der Waals surface area contributed by atoms with Gasteiger partial charge in [0.1, 0.15) is 0 Å². The quantitative estimate of drug-likeness (QED) is 0.197. The summed E-state index contributed by atoms with van der Waals surface area (Å²) in [5, 5.41) is 10.7. The molecule has 3 aliphatic rings. The molecule has 1 amide bonds. The number of hydrogen-bond acceptors (Lipinski definition) is 6. The van der Waals surface area contributed by atoms with E-state index >= 15 is 0 Å². The van der Waals surface area contributed by atoms with Gasteiger partial charge >= 0.3 is 0 Å². The van der Waals surface area contributed by atoms with E-state index in [-0.39, 0.29) is 50.9 Å². The number of allylic oxidation sites excluding steroid dienone is 2. The molecule has 2 heterocycles. The summed E-state index contributed by atoms with van der Waals surface area (Å²) in [5.74, 6) is -0.865. The highest BCUT2D eigenvalue weighted by atomic mass is 32.2. The minimum Gasteiger partial charge on any atom is -0.347 e. The lowest BCUT2D eigenvalue weighted by Gasteiger charge is -2.30. The van der Waals surface area contributed by atoms with Gasteiger partial charge in [0.05, 0.1) is 5.37 Å². The third kappa shape index (κ3) is 9.91. The van der Waals surface area contributed by atoms with E-state index in [0.717, 1.165) is 30.7 Å². The summed E-state index contributed by atoms with van der Waals surface area (Å²) in [6.07, 6.45) is 6.53. The van der Waals surface area contributed by atoms with E-state index < -0.39 is 5.92 Å². The zero-order valence-corrected chi connectivity index (χ0v) is 29.3. The first kappa shape index (κ1) is 38.0. The summed E-state index contributed by atoms with van der Waals surface area (Å²) in [7, 11) is 3.57. The maximum atomic E-state index is 13.2. The van der Waals surface area contributed by atoms with E-state index in [9.17, 15) is 13.6 Å². The van der Waals surface area contributed by atoms with Gasteiger partial charge in [0.25, 0.3) is 5.91 Å². The number of rotatable bonds is 11. The maximum Gasteiger partial charge on any atom is 0.289 e. The van der Waals surface area contributed by atoms with Crippen molar-refractivity contribution >= 4 is 23.4 Å². The van der Waals surface area contributed by atoms with Crippen LogP contribution in [0.25, 0.3) is 11.4 Å². The summed E-state index contributed by atoms with van der Waals surface area (Å²) in [4.78, 5) is 19.3. The Morgan fingerprint density at radius 3 is 2.45 bits per heavy atom. The number of thioether (sulfide) groups is 1. The highest BCUT2D eigenvalue weighted by Crippen LogP contribution is 2.44. The number of nitrogens with zero attached hydrogens (tertiary/aromatic N) is 4. The number of amides is 1. The van der Waals surface area contributed by atoms with Crippen LogP contribution in [0.5, 0.6) is 0 Å². The lowest BCUT2D eigenvalue weighted by Crippen LogP contribution is -2.41. The second-order valence-corrected chi connectivity index (χ2v) is 14.2. The van der Waals surface area contributed by atoms with Gasteiger partial charge in [0, 0.05) is 61.0 Å². The molecule has 0 bridgehead atoms. The van der Waals surface area contributed by atoms with Gasteiger partial charge < -0.3 is 15.5 Å². The second-order valence-electron chi connectivity index (χ2n) is 13.0. The molecule has 6 rings (SSSR count). The van der Waals surface area contributed by atoms with E-state index in [4.69, 9.17) is 0 Å². The van der Waals surface area contributed by atoms with Gasteiger partial charge in [-0.05, 0) is 63.4 Å². The van der Waals surface area contributed by atoms with E-state index in [2.05, 4.69) is 89.4 Å². The van der Waals surface area contributed by atoms with Crippen molar-refractivity contribution in [1.82, 2.24) is 25.4 Å². The number of aryl methyl sites for hydroxylation is 1. The average molecular weight is 690 g/mol. The summed E-state index contributed by atoms with van der Waals surface area (Å²) < 4.78 is 27.9. The molecule has 2 unspecified atom stereocenters. The van der Waals surface area contributed by atoms with Gasteiger partial charge in [-0.15, -0.1) is 18.3 Å². The summed E-state index contributed by atoms with van der Waals surface area (Å²) in [6, 6.07) is 16.4. The number of nitrogens with one attached hydrogen (secondary N) is 2.